The highest BCUT2D eigenvalue weighted by Crippen LogP contribution is 2.30. The molecule has 0 rings (SSSR count). The Morgan fingerprint density at radius 1 is 1.75 bits per heavy atom. The van der Waals surface area contributed by atoms with E-state index < -0.39 is 9.69 Å². The molecule has 0 saturated heterocycles. The summed E-state index contributed by atoms with van der Waals surface area (Å²) in [6.07, 6.45) is 0. The zero-order valence-corrected chi connectivity index (χ0v) is 6.41. The third kappa shape index (κ3) is 2.44. The van der Waals surface area contributed by atoms with Crippen LogP contribution in [0.25, 0.3) is 0 Å². The van der Waals surface area contributed by atoms with Crippen LogP contribution in [-0.4, -0.2) is 11.0 Å². The van der Waals surface area contributed by atoms with Crippen LogP contribution >= 0.6 is 22.6 Å². The number of ether oxygens (including phenoxy) is 1. The molecule has 0 saturated carbocycles. The molecule has 0 aromatic heterocycles. The molecule has 0 aliphatic heterocycles. The number of hydrogen-bond donors (Lipinski definition) is 0. The van der Waals surface area contributed by atoms with E-state index in [1.54, 1.807) is 0 Å². The molecule has 0 aliphatic carbocycles. The molecule has 0 aliphatic rings. The van der Waals surface area contributed by atoms with Gasteiger partial charge in [-0.1, -0.05) is 6.58 Å². The van der Waals surface area contributed by atoms with Crippen LogP contribution in [0.2, 0.25) is 0 Å². The molecule has 0 aromatic rings. The predicted octanol–water partition coefficient (Wildman–Crippen LogP) is 2.17. The molecule has 0 fully saturated rings. The van der Waals surface area contributed by atoms with Crippen molar-refractivity contribution in [3.63, 3.8) is 0 Å². The van der Waals surface area contributed by atoms with Gasteiger partial charge in [0.2, 0.25) is 0 Å². The summed E-state index contributed by atoms with van der Waals surface area (Å²) in [6.45, 7) is 2.96. The molecule has 0 spiro atoms. The van der Waals surface area contributed by atoms with Crippen LogP contribution in [0, 0.1) is 0 Å². The Balaban J connectivity index is 3.82. The zero-order valence-electron chi connectivity index (χ0n) is 4.25. The molecule has 0 bridgehead atoms. The van der Waals surface area contributed by atoms with E-state index in [9.17, 15) is 8.78 Å². The van der Waals surface area contributed by atoms with E-state index in [-0.39, 0.29) is 0 Å². The van der Waals surface area contributed by atoms with Crippen LogP contribution in [0.1, 0.15) is 0 Å². The lowest BCUT2D eigenvalue weighted by atomic mass is 10.6. The summed E-state index contributed by atoms with van der Waals surface area (Å²) < 4.78 is 25.0. The Morgan fingerprint density at radius 2 is 2.12 bits per heavy atom. The SMILES string of the molecule is C=C(OC)C(F)(F)I. The Bertz CT molecular complexity index is 96.7. The maximum Gasteiger partial charge on any atom is 0.351 e. The minimum Gasteiger partial charge on any atom is -0.494 e. The van der Waals surface area contributed by atoms with Crippen molar-refractivity contribution < 1.29 is 13.5 Å². The molecule has 0 N–H and O–H groups in total. The molecule has 48 valence electrons. The van der Waals surface area contributed by atoms with Crippen LogP contribution in [0.5, 0.6) is 0 Å². The van der Waals surface area contributed by atoms with Gasteiger partial charge in [0.05, 0.1) is 7.11 Å². The standard InChI is InChI=1S/C4H5F2IO/c1-3(8-2)4(5,6)7/h1H2,2H3. The van der Waals surface area contributed by atoms with Crippen molar-refractivity contribution in [1.82, 2.24) is 0 Å². The van der Waals surface area contributed by atoms with E-state index in [1.165, 1.54) is 0 Å². The van der Waals surface area contributed by atoms with E-state index in [0.29, 0.717) is 0 Å². The Kier molecular flexibility index (Phi) is 2.65. The molecule has 0 radical (unpaired) electrons. The van der Waals surface area contributed by atoms with Crippen LogP contribution in [0.4, 0.5) is 8.78 Å². The quantitative estimate of drug-likeness (QED) is 0.404. The molecular weight excluding hydrogens is 229 g/mol. The molecule has 0 amide bonds. The average Bonchev–Trinajstić information content (AvgIpc) is 1.62. The van der Waals surface area contributed by atoms with E-state index in [2.05, 4.69) is 11.3 Å². The summed E-state index contributed by atoms with van der Waals surface area (Å²) in [4.78, 5) is 0. The molecule has 4 heteroatoms. The molecule has 0 atom stereocenters. The monoisotopic (exact) mass is 234 g/mol. The third-order valence-corrected chi connectivity index (χ3v) is 1.16. The molecule has 8 heavy (non-hydrogen) atoms. The largest absolute Gasteiger partial charge is 0.494 e. The highest BCUT2D eigenvalue weighted by atomic mass is 127. The zero-order chi connectivity index (χ0) is 6.78. The molecule has 0 aromatic carbocycles. The Morgan fingerprint density at radius 3 is 2.12 bits per heavy atom. The van der Waals surface area contributed by atoms with Crippen molar-refractivity contribution in [2.45, 2.75) is 3.93 Å². The summed E-state index contributed by atoms with van der Waals surface area (Å²) in [7, 11) is 1.16. The van der Waals surface area contributed by atoms with Crippen LogP contribution in [0.15, 0.2) is 12.3 Å². The highest BCUT2D eigenvalue weighted by Gasteiger charge is 2.28. The fourth-order valence-electron chi connectivity index (χ4n) is 0.116. The number of allylic oxidation sites excluding steroid dienone is 1. The van der Waals surface area contributed by atoms with Gasteiger partial charge in [-0.2, -0.15) is 8.78 Å². The van der Waals surface area contributed by atoms with Gasteiger partial charge in [-0.15, -0.1) is 0 Å². The third-order valence-electron chi connectivity index (χ3n) is 0.563. The Labute approximate surface area is 59.9 Å². The van der Waals surface area contributed by atoms with Crippen LogP contribution in [-0.2, 0) is 4.74 Å². The lowest BCUT2D eigenvalue weighted by Crippen LogP contribution is -2.08. The smallest absolute Gasteiger partial charge is 0.351 e. The van der Waals surface area contributed by atoms with Crippen LogP contribution < -0.4 is 0 Å². The maximum absolute atomic E-state index is 11.9. The lowest BCUT2D eigenvalue weighted by Gasteiger charge is -2.08. The summed E-state index contributed by atoms with van der Waals surface area (Å²) >= 11 is 0.945. The van der Waals surface area contributed by atoms with Crippen molar-refractivity contribution in [3.05, 3.63) is 12.3 Å². The van der Waals surface area contributed by atoms with Gasteiger partial charge in [0, 0.05) is 22.6 Å². The lowest BCUT2D eigenvalue weighted by molar-refractivity contribution is 0.0916. The van der Waals surface area contributed by atoms with E-state index >= 15 is 0 Å². The van der Waals surface area contributed by atoms with Crippen LogP contribution in [0.3, 0.4) is 0 Å². The van der Waals surface area contributed by atoms with Crippen molar-refractivity contribution in [3.8, 4) is 0 Å². The second-order valence-electron chi connectivity index (χ2n) is 1.13. The number of hydrogen-bond acceptors (Lipinski definition) is 1. The minimum atomic E-state index is -2.94. The number of methoxy groups -OCH3 is 1. The first-order valence-electron chi connectivity index (χ1n) is 1.78. The van der Waals surface area contributed by atoms with Gasteiger partial charge in [-0.05, 0) is 0 Å². The molecular formula is C4H5F2IO. The fourth-order valence-corrected chi connectivity index (χ4v) is 0.336. The summed E-state index contributed by atoms with van der Waals surface area (Å²) in [5.74, 6) is -0.516. The van der Waals surface area contributed by atoms with Gasteiger partial charge >= 0.3 is 3.93 Å². The summed E-state index contributed by atoms with van der Waals surface area (Å²) in [5, 5.41) is 0. The first kappa shape index (κ1) is 8.13. The summed E-state index contributed by atoms with van der Waals surface area (Å²) in [6, 6.07) is 0. The summed E-state index contributed by atoms with van der Waals surface area (Å²) in [5.41, 5.74) is 0. The topological polar surface area (TPSA) is 9.23 Å². The first-order chi connectivity index (χ1) is 3.48. The second-order valence-corrected chi connectivity index (χ2v) is 2.48. The Hall–Kier alpha value is 0.130. The number of halogens is 3. The number of alkyl halides is 3. The van der Waals surface area contributed by atoms with Crippen molar-refractivity contribution >= 4 is 22.6 Å². The molecule has 0 unspecified atom stereocenters. The van der Waals surface area contributed by atoms with Gasteiger partial charge in [0.1, 0.15) is 0 Å². The highest BCUT2D eigenvalue weighted by molar-refractivity contribution is 14.1. The minimum absolute atomic E-state index is 0.516. The van der Waals surface area contributed by atoms with Gasteiger partial charge in [0.25, 0.3) is 0 Å². The van der Waals surface area contributed by atoms with Crippen molar-refractivity contribution in [2.75, 3.05) is 7.11 Å². The van der Waals surface area contributed by atoms with Gasteiger partial charge in [-0.3, -0.25) is 0 Å². The predicted molar refractivity (Wildman–Crippen MR) is 35.1 cm³/mol. The van der Waals surface area contributed by atoms with Crippen molar-refractivity contribution in [2.24, 2.45) is 0 Å². The first-order valence-corrected chi connectivity index (χ1v) is 2.86. The van der Waals surface area contributed by atoms with Gasteiger partial charge in [-0.25, -0.2) is 0 Å². The molecule has 1 nitrogen and oxygen atoms in total. The van der Waals surface area contributed by atoms with E-state index in [4.69, 9.17) is 0 Å². The second kappa shape index (κ2) is 2.61. The maximum atomic E-state index is 11.9. The fraction of sp³-hybridized carbons (Fsp3) is 0.500. The van der Waals surface area contributed by atoms with Crippen molar-refractivity contribution in [1.29, 1.82) is 0 Å². The van der Waals surface area contributed by atoms with E-state index in [1.807, 2.05) is 0 Å². The number of rotatable bonds is 2. The average molecular weight is 234 g/mol. The van der Waals surface area contributed by atoms with E-state index in [0.717, 1.165) is 29.7 Å². The molecule has 0 heterocycles. The normalized spacial score (nSPS) is 11.0. The van der Waals surface area contributed by atoms with Gasteiger partial charge < -0.3 is 4.74 Å². The van der Waals surface area contributed by atoms with Gasteiger partial charge in [0.15, 0.2) is 5.76 Å².